The zero-order valence-corrected chi connectivity index (χ0v) is 25.1. The number of carbonyl (C=O) groups is 3. The van der Waals surface area contributed by atoms with Crippen LogP contribution in [0.1, 0.15) is 58.8 Å². The van der Waals surface area contributed by atoms with E-state index in [2.05, 4.69) is 17.4 Å². The van der Waals surface area contributed by atoms with Crippen molar-refractivity contribution in [1.29, 1.82) is 0 Å². The minimum Gasteiger partial charge on any atom is -0.451 e. The van der Waals surface area contributed by atoms with Gasteiger partial charge in [-0.3, -0.25) is 19.2 Å². The van der Waals surface area contributed by atoms with Gasteiger partial charge in [0.15, 0.2) is 11.2 Å². The Bertz CT molecular complexity index is 1740. The number of hydrogen-bond donors (Lipinski definition) is 1. The van der Waals surface area contributed by atoms with E-state index in [1.807, 2.05) is 29.2 Å². The molecule has 1 aromatic heterocycles. The van der Waals surface area contributed by atoms with Gasteiger partial charge in [-0.1, -0.05) is 60.1 Å². The zero-order chi connectivity index (χ0) is 30.6. The van der Waals surface area contributed by atoms with E-state index in [0.717, 1.165) is 36.9 Å². The molecular formula is C35H34ClN3O5. The second kappa shape index (κ2) is 13.1. The normalized spacial score (nSPS) is 16.3. The van der Waals surface area contributed by atoms with Crippen molar-refractivity contribution in [2.75, 3.05) is 19.6 Å². The van der Waals surface area contributed by atoms with Crippen LogP contribution in [0, 0.1) is 0 Å². The molecule has 2 aliphatic heterocycles. The Morgan fingerprint density at radius 1 is 0.932 bits per heavy atom. The highest BCUT2D eigenvalue weighted by Crippen LogP contribution is 2.32. The van der Waals surface area contributed by atoms with Gasteiger partial charge in [0.25, 0.3) is 5.91 Å². The molecule has 0 aliphatic carbocycles. The first kappa shape index (κ1) is 29.6. The molecule has 1 N–H and O–H groups in total. The number of rotatable bonds is 8. The third-order valence-corrected chi connectivity index (χ3v) is 8.90. The Balaban J connectivity index is 1.18. The van der Waals surface area contributed by atoms with Crippen LogP contribution in [-0.2, 0) is 22.6 Å². The number of piperidine rings is 1. The fourth-order valence-corrected chi connectivity index (χ4v) is 6.41. The van der Waals surface area contributed by atoms with E-state index in [-0.39, 0.29) is 35.3 Å². The molecule has 0 saturated carbocycles. The van der Waals surface area contributed by atoms with Gasteiger partial charge >= 0.3 is 0 Å². The number of halogens is 1. The zero-order valence-electron chi connectivity index (χ0n) is 24.3. The smallest absolute Gasteiger partial charge is 0.287 e. The van der Waals surface area contributed by atoms with Crippen LogP contribution in [0.25, 0.3) is 11.0 Å². The predicted octanol–water partition coefficient (Wildman–Crippen LogP) is 5.32. The second-order valence-electron chi connectivity index (χ2n) is 11.5. The van der Waals surface area contributed by atoms with Gasteiger partial charge in [-0.05, 0) is 66.1 Å². The summed E-state index contributed by atoms with van der Waals surface area (Å²) < 4.78 is 5.75. The highest BCUT2D eigenvalue weighted by molar-refractivity contribution is 6.30. The van der Waals surface area contributed by atoms with Crippen molar-refractivity contribution in [2.45, 2.75) is 50.6 Å². The summed E-state index contributed by atoms with van der Waals surface area (Å²) >= 11 is 6.08. The summed E-state index contributed by atoms with van der Waals surface area (Å²) in [6.07, 6.45) is 3.33. The summed E-state index contributed by atoms with van der Waals surface area (Å²) in [6.45, 7) is 2.49. The Labute approximate surface area is 260 Å². The molecule has 0 bridgehead atoms. The lowest BCUT2D eigenvalue weighted by Crippen LogP contribution is -2.51. The third-order valence-electron chi connectivity index (χ3n) is 8.65. The first-order valence-electron chi connectivity index (χ1n) is 15.1. The largest absolute Gasteiger partial charge is 0.451 e. The van der Waals surface area contributed by atoms with E-state index in [0.29, 0.717) is 42.0 Å². The first-order valence-corrected chi connectivity index (χ1v) is 15.5. The molecular weight excluding hydrogens is 578 g/mol. The maximum Gasteiger partial charge on any atom is 0.287 e. The minimum absolute atomic E-state index is 0.144. The van der Waals surface area contributed by atoms with Gasteiger partial charge in [-0.2, -0.15) is 0 Å². The molecule has 2 aliphatic rings. The highest BCUT2D eigenvalue weighted by Gasteiger charge is 2.32. The van der Waals surface area contributed by atoms with Crippen molar-refractivity contribution in [3.63, 3.8) is 0 Å². The van der Waals surface area contributed by atoms with E-state index in [1.54, 1.807) is 41.3 Å². The molecule has 2 fully saturated rings. The Hall–Kier alpha value is -4.43. The summed E-state index contributed by atoms with van der Waals surface area (Å²) in [5, 5.41) is 3.81. The molecule has 226 valence electrons. The van der Waals surface area contributed by atoms with Crippen molar-refractivity contribution in [1.82, 2.24) is 15.1 Å². The Morgan fingerprint density at radius 3 is 2.41 bits per heavy atom. The molecule has 1 atom stereocenters. The van der Waals surface area contributed by atoms with Crippen LogP contribution in [0.15, 0.2) is 88.1 Å². The van der Waals surface area contributed by atoms with Crippen LogP contribution >= 0.6 is 11.6 Å². The summed E-state index contributed by atoms with van der Waals surface area (Å²) in [4.78, 5) is 55.9. The van der Waals surface area contributed by atoms with Crippen LogP contribution < -0.4 is 10.7 Å². The molecule has 2 saturated heterocycles. The molecule has 0 radical (unpaired) electrons. The molecule has 6 rings (SSSR count). The fraction of sp³-hybridized carbons (Fsp3) is 0.314. The topological polar surface area (TPSA) is 99.9 Å². The van der Waals surface area contributed by atoms with E-state index < -0.39 is 11.9 Å². The van der Waals surface area contributed by atoms with Crippen molar-refractivity contribution in [2.24, 2.45) is 0 Å². The quantitative estimate of drug-likeness (QED) is 0.291. The summed E-state index contributed by atoms with van der Waals surface area (Å²) in [7, 11) is 0. The van der Waals surface area contributed by atoms with E-state index in [9.17, 15) is 19.2 Å². The maximum absolute atomic E-state index is 13.9. The average Bonchev–Trinajstić information content (AvgIpc) is 3.45. The van der Waals surface area contributed by atoms with Gasteiger partial charge in [-0.25, -0.2) is 0 Å². The monoisotopic (exact) mass is 611 g/mol. The number of nitrogens with one attached hydrogen (secondary N) is 1. The summed E-state index contributed by atoms with van der Waals surface area (Å²) in [5.41, 5.74) is 3.22. The van der Waals surface area contributed by atoms with E-state index in [1.165, 1.54) is 11.6 Å². The molecule has 0 unspecified atom stereocenters. The minimum atomic E-state index is -0.870. The van der Waals surface area contributed by atoms with Gasteiger partial charge < -0.3 is 19.5 Å². The third kappa shape index (κ3) is 6.55. The van der Waals surface area contributed by atoms with Gasteiger partial charge in [0, 0.05) is 50.1 Å². The SMILES string of the molecule is O=C(N[C@@H](Cc1ccc(Cl)cc1)C(=O)N1CCC(c2ccccc2CN2CCCC2=O)CC1)c1cc(=O)c2ccccc2o1. The van der Waals surface area contributed by atoms with E-state index >= 15 is 0 Å². The second-order valence-corrected chi connectivity index (χ2v) is 12.0. The highest BCUT2D eigenvalue weighted by atomic mass is 35.5. The molecule has 0 spiro atoms. The molecule has 8 nitrogen and oxygen atoms in total. The van der Waals surface area contributed by atoms with Gasteiger partial charge in [0.05, 0.1) is 5.39 Å². The summed E-state index contributed by atoms with van der Waals surface area (Å²) in [6, 6.07) is 22.5. The Kier molecular flexibility index (Phi) is 8.79. The molecule has 3 heterocycles. The lowest BCUT2D eigenvalue weighted by Gasteiger charge is -2.35. The molecule has 3 amide bonds. The van der Waals surface area contributed by atoms with Gasteiger partial charge in [-0.15, -0.1) is 0 Å². The summed E-state index contributed by atoms with van der Waals surface area (Å²) in [5.74, 6) is -0.484. The lowest BCUT2D eigenvalue weighted by atomic mass is 9.86. The lowest BCUT2D eigenvalue weighted by molar-refractivity contribution is -0.134. The number of likely N-dealkylation sites (tertiary alicyclic amines) is 2. The van der Waals surface area contributed by atoms with Crippen LogP contribution in [0.2, 0.25) is 5.02 Å². The molecule has 9 heteroatoms. The van der Waals surface area contributed by atoms with Crippen molar-refractivity contribution < 1.29 is 18.8 Å². The van der Waals surface area contributed by atoms with Crippen molar-refractivity contribution >= 4 is 40.3 Å². The van der Waals surface area contributed by atoms with E-state index in [4.69, 9.17) is 16.0 Å². The van der Waals surface area contributed by atoms with Crippen molar-refractivity contribution in [3.8, 4) is 0 Å². The van der Waals surface area contributed by atoms with Crippen LogP contribution in [0.3, 0.4) is 0 Å². The number of para-hydroxylation sites is 1. The molecule has 4 aromatic rings. The fourth-order valence-electron chi connectivity index (χ4n) is 6.29. The number of hydrogen-bond acceptors (Lipinski definition) is 5. The number of benzene rings is 3. The maximum atomic E-state index is 13.9. The number of amides is 3. The average molecular weight is 612 g/mol. The van der Waals surface area contributed by atoms with Gasteiger partial charge in [0.2, 0.25) is 11.8 Å². The number of nitrogens with zero attached hydrogens (tertiary/aromatic N) is 2. The van der Waals surface area contributed by atoms with Crippen molar-refractivity contribution in [3.05, 3.63) is 117 Å². The van der Waals surface area contributed by atoms with Crippen LogP contribution in [0.5, 0.6) is 0 Å². The van der Waals surface area contributed by atoms with Crippen LogP contribution in [0.4, 0.5) is 0 Å². The number of fused-ring (bicyclic) bond motifs is 1. The number of carbonyl (C=O) groups excluding carboxylic acids is 3. The molecule has 44 heavy (non-hydrogen) atoms. The first-order chi connectivity index (χ1) is 21.4. The standard InChI is InChI=1S/C35H34ClN3O5/c36-26-13-11-23(12-14-26)20-29(37-34(42)32-21-30(40)28-8-3-4-9-31(28)44-32)35(43)38-18-15-24(16-19-38)27-7-2-1-6-25(27)22-39-17-5-10-33(39)41/h1-4,6-9,11-14,21,24,29H,5,10,15-20,22H2,(H,37,42)/t29-/m0/s1. The van der Waals surface area contributed by atoms with Crippen LogP contribution in [-0.4, -0.2) is 53.2 Å². The van der Waals surface area contributed by atoms with Gasteiger partial charge in [0.1, 0.15) is 11.6 Å². The Morgan fingerprint density at radius 2 is 1.66 bits per heavy atom. The molecule has 3 aromatic carbocycles. The predicted molar refractivity (Wildman–Crippen MR) is 169 cm³/mol.